The second kappa shape index (κ2) is 67.6. The quantitative estimate of drug-likeness (QED) is 0.0261. The molecule has 1 unspecified atom stereocenters. The summed E-state index contributed by atoms with van der Waals surface area (Å²) >= 11 is 0. The molecule has 0 aromatic rings. The minimum Gasteiger partial charge on any atom is -0.462 e. The van der Waals surface area contributed by atoms with Gasteiger partial charge >= 0.3 is 17.9 Å². The van der Waals surface area contributed by atoms with Crippen molar-refractivity contribution < 1.29 is 28.6 Å². The number of carbonyl (C=O) groups is 3. The molecule has 6 nitrogen and oxygen atoms in total. The molecule has 0 heterocycles. The number of carbonyl (C=O) groups excluding carboxylic acids is 3. The Hall–Kier alpha value is -3.93. The van der Waals surface area contributed by atoms with E-state index in [4.69, 9.17) is 14.2 Å². The first-order chi connectivity index (χ1) is 39.5. The number of allylic oxidation sites excluding steroid dienone is 18. The van der Waals surface area contributed by atoms with E-state index in [9.17, 15) is 14.4 Å². The number of unbranched alkanes of at least 4 members (excludes halogenated alkanes) is 32. The molecular weight excluding hydrogens is 985 g/mol. The fourth-order valence-corrected chi connectivity index (χ4v) is 9.42. The van der Waals surface area contributed by atoms with Crippen LogP contribution in [0.1, 0.15) is 323 Å². The van der Waals surface area contributed by atoms with Gasteiger partial charge in [-0.3, -0.25) is 14.4 Å². The maximum atomic E-state index is 12.9. The van der Waals surface area contributed by atoms with Crippen LogP contribution < -0.4 is 0 Å². The molecule has 0 N–H and O–H groups in total. The average Bonchev–Trinajstić information content (AvgIpc) is 3.46. The van der Waals surface area contributed by atoms with Gasteiger partial charge in [-0.2, -0.15) is 0 Å². The zero-order chi connectivity index (χ0) is 57.8. The van der Waals surface area contributed by atoms with Crippen molar-refractivity contribution in [1.82, 2.24) is 0 Å². The number of rotatable bonds is 61. The highest BCUT2D eigenvalue weighted by Gasteiger charge is 2.19. The van der Waals surface area contributed by atoms with Gasteiger partial charge in [0.2, 0.25) is 0 Å². The molecule has 0 fully saturated rings. The van der Waals surface area contributed by atoms with Crippen LogP contribution in [-0.4, -0.2) is 37.2 Å². The van der Waals surface area contributed by atoms with Crippen molar-refractivity contribution in [1.29, 1.82) is 0 Å². The third kappa shape index (κ3) is 64.9. The summed E-state index contributed by atoms with van der Waals surface area (Å²) in [4.78, 5) is 38.2. The van der Waals surface area contributed by atoms with Crippen molar-refractivity contribution in [3.63, 3.8) is 0 Å². The molecule has 0 saturated heterocycles. The first kappa shape index (κ1) is 76.1. The van der Waals surface area contributed by atoms with Crippen molar-refractivity contribution in [2.45, 2.75) is 329 Å². The van der Waals surface area contributed by atoms with E-state index in [0.717, 1.165) is 116 Å². The predicted octanol–water partition coefficient (Wildman–Crippen LogP) is 23.4. The molecule has 0 radical (unpaired) electrons. The Balaban J connectivity index is 4.21. The van der Waals surface area contributed by atoms with E-state index in [2.05, 4.69) is 130 Å². The summed E-state index contributed by atoms with van der Waals surface area (Å²) in [7, 11) is 0. The molecule has 6 heteroatoms. The predicted molar refractivity (Wildman–Crippen MR) is 348 cm³/mol. The summed E-state index contributed by atoms with van der Waals surface area (Å²) in [6.07, 6.45) is 92.7. The van der Waals surface area contributed by atoms with Crippen molar-refractivity contribution in [3.8, 4) is 0 Å². The maximum Gasteiger partial charge on any atom is 0.306 e. The highest BCUT2D eigenvalue weighted by Crippen LogP contribution is 2.17. The van der Waals surface area contributed by atoms with Gasteiger partial charge in [0.1, 0.15) is 13.2 Å². The molecule has 0 aliphatic carbocycles. The molecule has 80 heavy (non-hydrogen) atoms. The fraction of sp³-hybridized carbons (Fsp3) is 0.716. The molecule has 0 saturated carbocycles. The number of ether oxygens (including phenoxy) is 3. The van der Waals surface area contributed by atoms with Gasteiger partial charge in [0.25, 0.3) is 0 Å². The second-order valence-electron chi connectivity index (χ2n) is 22.3. The van der Waals surface area contributed by atoms with E-state index < -0.39 is 6.10 Å². The zero-order valence-corrected chi connectivity index (χ0v) is 52.6. The standard InChI is InChI=1S/C74H126O6/c1-4-7-10-13-16-19-22-24-26-28-30-32-33-34-35-36-37-38-39-40-41-43-44-46-48-50-52-55-58-61-64-67-73(76)79-70-71(69-78-72(75)66-63-60-57-54-21-18-15-12-9-6-3)80-74(77)68-65-62-59-56-53-51-49-47-45-42-31-29-27-25-23-20-17-14-11-8-5-2/h8,11-12,15,17,20,22,24-25,27-28,30-31,42,47,49,53,56,71H,4-7,9-10,13-14,16,18-19,21,23,26,29,32-41,43-46,48,50-52,54-55,57-70H2,1-3H3/b11-8-,15-12-,20-17-,24-22-,27-25-,30-28-,42-31-,49-47-,56-53-. The lowest BCUT2D eigenvalue weighted by atomic mass is 10.0. The van der Waals surface area contributed by atoms with Gasteiger partial charge in [0.05, 0.1) is 0 Å². The van der Waals surface area contributed by atoms with E-state index in [0.29, 0.717) is 19.3 Å². The van der Waals surface area contributed by atoms with Crippen molar-refractivity contribution in [2.24, 2.45) is 0 Å². The van der Waals surface area contributed by atoms with Crippen LogP contribution in [0.4, 0.5) is 0 Å². The second-order valence-corrected chi connectivity index (χ2v) is 22.3. The van der Waals surface area contributed by atoms with Gasteiger partial charge in [-0.25, -0.2) is 0 Å². The first-order valence-corrected chi connectivity index (χ1v) is 33.9. The van der Waals surface area contributed by atoms with Crippen LogP contribution in [0.5, 0.6) is 0 Å². The van der Waals surface area contributed by atoms with Gasteiger partial charge in [0.15, 0.2) is 6.10 Å². The summed E-state index contributed by atoms with van der Waals surface area (Å²) in [5.41, 5.74) is 0. The smallest absolute Gasteiger partial charge is 0.306 e. The van der Waals surface area contributed by atoms with Crippen LogP contribution >= 0.6 is 0 Å². The molecule has 0 bridgehead atoms. The van der Waals surface area contributed by atoms with Gasteiger partial charge in [-0.15, -0.1) is 0 Å². The Morgan fingerprint density at radius 2 is 0.512 bits per heavy atom. The third-order valence-electron chi connectivity index (χ3n) is 14.5. The van der Waals surface area contributed by atoms with E-state index in [1.165, 1.54) is 161 Å². The SMILES string of the molecule is CC/C=C\C/C=C\C/C=C\C/C=C\C/C=C\C/C=C\CCCCC(=O)OC(COC(=O)CCCCCCC/C=C\CCC)COC(=O)CCCCCCCCCCCCCCCCCCCCC/C=C\C/C=C\CCCCCCC. The number of hydrogen-bond acceptors (Lipinski definition) is 6. The molecule has 0 aliphatic heterocycles. The molecular formula is C74H126O6. The van der Waals surface area contributed by atoms with E-state index in [-0.39, 0.29) is 37.5 Å². The maximum absolute atomic E-state index is 12.9. The Morgan fingerprint density at radius 1 is 0.263 bits per heavy atom. The van der Waals surface area contributed by atoms with Crippen LogP contribution in [0.3, 0.4) is 0 Å². The van der Waals surface area contributed by atoms with Crippen LogP contribution in [0.15, 0.2) is 109 Å². The number of hydrogen-bond donors (Lipinski definition) is 0. The lowest BCUT2D eigenvalue weighted by Gasteiger charge is -2.18. The lowest BCUT2D eigenvalue weighted by molar-refractivity contribution is -0.167. The normalized spacial score (nSPS) is 12.8. The van der Waals surface area contributed by atoms with Gasteiger partial charge in [-0.05, 0) is 122 Å². The van der Waals surface area contributed by atoms with Crippen LogP contribution in [-0.2, 0) is 28.6 Å². The largest absolute Gasteiger partial charge is 0.462 e. The molecule has 0 rings (SSSR count). The lowest BCUT2D eigenvalue weighted by Crippen LogP contribution is -2.30. The highest BCUT2D eigenvalue weighted by molar-refractivity contribution is 5.71. The molecule has 0 spiro atoms. The molecule has 0 aliphatic rings. The topological polar surface area (TPSA) is 78.9 Å². The van der Waals surface area contributed by atoms with E-state index >= 15 is 0 Å². The minimum atomic E-state index is -0.805. The van der Waals surface area contributed by atoms with Crippen molar-refractivity contribution >= 4 is 17.9 Å². The first-order valence-electron chi connectivity index (χ1n) is 33.9. The van der Waals surface area contributed by atoms with E-state index in [1.54, 1.807) is 0 Å². The molecule has 0 aromatic carbocycles. The Bertz CT molecular complexity index is 1610. The summed E-state index contributed by atoms with van der Waals surface area (Å²) < 4.78 is 16.9. The van der Waals surface area contributed by atoms with Crippen LogP contribution in [0.2, 0.25) is 0 Å². The molecule has 1 atom stereocenters. The van der Waals surface area contributed by atoms with Crippen molar-refractivity contribution in [2.75, 3.05) is 13.2 Å². The molecule has 0 aromatic heterocycles. The minimum absolute atomic E-state index is 0.0973. The Labute approximate surface area is 495 Å². The third-order valence-corrected chi connectivity index (χ3v) is 14.5. The summed E-state index contributed by atoms with van der Waals surface area (Å²) in [6, 6.07) is 0. The summed E-state index contributed by atoms with van der Waals surface area (Å²) in [5, 5.41) is 0. The van der Waals surface area contributed by atoms with Gasteiger partial charge in [-0.1, -0.05) is 291 Å². The van der Waals surface area contributed by atoms with Crippen molar-refractivity contribution in [3.05, 3.63) is 109 Å². The molecule has 458 valence electrons. The Kier molecular flexibility index (Phi) is 64.3. The average molecular weight is 1110 g/mol. The summed E-state index contributed by atoms with van der Waals surface area (Å²) in [6.45, 7) is 6.43. The highest BCUT2D eigenvalue weighted by atomic mass is 16.6. The summed E-state index contributed by atoms with van der Waals surface area (Å²) in [5.74, 6) is -0.944. The Morgan fingerprint density at radius 3 is 0.850 bits per heavy atom. The molecule has 0 amide bonds. The van der Waals surface area contributed by atoms with Gasteiger partial charge in [0, 0.05) is 19.3 Å². The van der Waals surface area contributed by atoms with Gasteiger partial charge < -0.3 is 14.2 Å². The fourth-order valence-electron chi connectivity index (χ4n) is 9.42. The zero-order valence-electron chi connectivity index (χ0n) is 52.6. The van der Waals surface area contributed by atoms with Crippen LogP contribution in [0, 0.1) is 0 Å². The monoisotopic (exact) mass is 1110 g/mol. The van der Waals surface area contributed by atoms with E-state index in [1.807, 2.05) is 0 Å². The van der Waals surface area contributed by atoms with Crippen LogP contribution in [0.25, 0.3) is 0 Å². The number of esters is 3.